The van der Waals surface area contributed by atoms with Crippen molar-refractivity contribution < 1.29 is 0 Å². The Kier molecular flexibility index (Phi) is 5.07. The maximum absolute atomic E-state index is 2.35. The average Bonchev–Trinajstić information content (AvgIpc) is 3.14. The third-order valence-electron chi connectivity index (χ3n) is 4.68. The summed E-state index contributed by atoms with van der Waals surface area (Å²) in [6.07, 6.45) is 4.14. The van der Waals surface area contributed by atoms with Gasteiger partial charge in [-0.1, -0.05) is 98.9 Å². The zero-order valence-electron chi connectivity index (χ0n) is 13.8. The fraction of sp³-hybridized carbons (Fsp3) is 0.182. The molecule has 1 unspecified atom stereocenters. The average molecular weight is 348 g/mol. The highest BCUT2D eigenvalue weighted by Gasteiger charge is 2.35. The molecular formula is C22H22P2. The summed E-state index contributed by atoms with van der Waals surface area (Å²) < 4.78 is 0. The van der Waals surface area contributed by atoms with Gasteiger partial charge in [-0.25, -0.2) is 0 Å². The van der Waals surface area contributed by atoms with Crippen LogP contribution in [-0.2, 0) is 0 Å². The molecule has 0 saturated carbocycles. The van der Waals surface area contributed by atoms with Crippen LogP contribution in [0.5, 0.6) is 0 Å². The summed E-state index contributed by atoms with van der Waals surface area (Å²) >= 11 is 0. The van der Waals surface area contributed by atoms with Gasteiger partial charge >= 0.3 is 0 Å². The Bertz CT molecular complexity index is 716. The molecule has 1 aliphatic rings. The van der Waals surface area contributed by atoms with Crippen molar-refractivity contribution in [3.8, 4) is 0 Å². The predicted molar refractivity (Wildman–Crippen MR) is 110 cm³/mol. The monoisotopic (exact) mass is 348 g/mol. The van der Waals surface area contributed by atoms with Gasteiger partial charge in [-0.05, 0) is 42.8 Å². The molecule has 1 saturated heterocycles. The fourth-order valence-electron chi connectivity index (χ4n) is 3.61. The van der Waals surface area contributed by atoms with E-state index in [1.807, 2.05) is 0 Å². The number of hydrogen-bond donors (Lipinski definition) is 0. The summed E-state index contributed by atoms with van der Waals surface area (Å²) in [6, 6.07) is 33.7. The Labute approximate surface area is 147 Å². The molecule has 3 aromatic carbocycles. The highest BCUT2D eigenvalue weighted by atomic mass is 31.2. The van der Waals surface area contributed by atoms with Crippen molar-refractivity contribution in [2.45, 2.75) is 18.2 Å². The Hall–Kier alpha value is -1.48. The van der Waals surface area contributed by atoms with Crippen molar-refractivity contribution in [2.24, 2.45) is 0 Å². The molecule has 120 valence electrons. The Morgan fingerprint density at radius 2 is 1.17 bits per heavy atom. The third kappa shape index (κ3) is 3.32. The summed E-state index contributed by atoms with van der Waals surface area (Å²) in [7, 11) is -0.348. The lowest BCUT2D eigenvalue weighted by molar-refractivity contribution is 0.920. The molecule has 0 aromatic heterocycles. The van der Waals surface area contributed by atoms with Crippen molar-refractivity contribution in [3.63, 3.8) is 0 Å². The zero-order valence-corrected chi connectivity index (χ0v) is 15.5. The lowest BCUT2D eigenvalue weighted by atomic mass is 10.4. The summed E-state index contributed by atoms with van der Waals surface area (Å²) in [5, 5.41) is 5.47. The molecule has 24 heavy (non-hydrogen) atoms. The van der Waals surface area contributed by atoms with Crippen LogP contribution >= 0.6 is 15.8 Å². The van der Waals surface area contributed by atoms with Crippen molar-refractivity contribution in [1.29, 1.82) is 0 Å². The SMILES string of the molecule is c1ccc(P2CCC[C@@H]2P(c2ccccc2)c2ccccc2)cc1. The van der Waals surface area contributed by atoms with Gasteiger partial charge in [0.1, 0.15) is 0 Å². The molecule has 0 spiro atoms. The van der Waals surface area contributed by atoms with Crippen LogP contribution in [0, 0.1) is 0 Å². The Balaban J connectivity index is 1.76. The van der Waals surface area contributed by atoms with E-state index >= 15 is 0 Å². The van der Waals surface area contributed by atoms with Gasteiger partial charge in [-0.15, -0.1) is 0 Å². The molecule has 0 radical (unpaired) electrons. The largest absolute Gasteiger partial charge is 0.0671 e. The van der Waals surface area contributed by atoms with E-state index < -0.39 is 0 Å². The van der Waals surface area contributed by atoms with Crippen LogP contribution in [0.15, 0.2) is 91.0 Å². The van der Waals surface area contributed by atoms with Gasteiger partial charge in [-0.3, -0.25) is 0 Å². The van der Waals surface area contributed by atoms with Crippen LogP contribution in [0.25, 0.3) is 0 Å². The topological polar surface area (TPSA) is 0 Å². The number of benzene rings is 3. The second-order valence-corrected chi connectivity index (χ2v) is 11.5. The molecule has 0 N–H and O–H groups in total. The van der Waals surface area contributed by atoms with E-state index in [2.05, 4.69) is 91.0 Å². The van der Waals surface area contributed by atoms with Crippen LogP contribution < -0.4 is 15.9 Å². The summed E-state index contributed by atoms with van der Waals surface area (Å²) in [6.45, 7) is 0. The number of rotatable bonds is 4. The normalized spacial score (nSPS) is 20.4. The first-order valence-electron chi connectivity index (χ1n) is 8.64. The first kappa shape index (κ1) is 16.0. The second kappa shape index (κ2) is 7.60. The maximum atomic E-state index is 2.35. The van der Waals surface area contributed by atoms with Gasteiger partial charge in [0, 0.05) is 5.40 Å². The van der Waals surface area contributed by atoms with E-state index in [1.54, 1.807) is 5.30 Å². The molecule has 3 aromatic rings. The van der Waals surface area contributed by atoms with E-state index in [4.69, 9.17) is 0 Å². The molecule has 2 atom stereocenters. The van der Waals surface area contributed by atoms with Gasteiger partial charge in [-0.2, -0.15) is 0 Å². The van der Waals surface area contributed by atoms with Crippen molar-refractivity contribution >= 4 is 31.8 Å². The molecule has 1 aliphatic heterocycles. The smallest absolute Gasteiger partial charge is 0.0115 e. The van der Waals surface area contributed by atoms with Gasteiger partial charge in [0.15, 0.2) is 0 Å². The molecule has 0 nitrogen and oxygen atoms in total. The molecule has 0 bridgehead atoms. The number of hydrogen-bond acceptors (Lipinski definition) is 0. The lowest BCUT2D eigenvalue weighted by Crippen LogP contribution is -2.21. The molecule has 0 aliphatic carbocycles. The minimum absolute atomic E-state index is 0.0615. The van der Waals surface area contributed by atoms with E-state index in [0.29, 0.717) is 0 Å². The molecular weight excluding hydrogens is 326 g/mol. The van der Waals surface area contributed by atoms with Crippen molar-refractivity contribution in [2.75, 3.05) is 6.16 Å². The first-order chi connectivity index (χ1) is 11.9. The van der Waals surface area contributed by atoms with E-state index in [-0.39, 0.29) is 15.8 Å². The summed E-state index contributed by atoms with van der Waals surface area (Å²) in [5.74, 6) is 0. The van der Waals surface area contributed by atoms with Gasteiger partial charge in [0.2, 0.25) is 0 Å². The Morgan fingerprint density at radius 1 is 0.667 bits per heavy atom. The lowest BCUT2D eigenvalue weighted by Gasteiger charge is -2.30. The van der Waals surface area contributed by atoms with E-state index in [9.17, 15) is 0 Å². The van der Waals surface area contributed by atoms with Gasteiger partial charge in [0.25, 0.3) is 0 Å². The summed E-state index contributed by atoms with van der Waals surface area (Å²) in [5.41, 5.74) is 0. The molecule has 0 amide bonds. The maximum Gasteiger partial charge on any atom is 0.0115 e. The minimum atomic E-state index is -0.286. The van der Waals surface area contributed by atoms with E-state index in [0.717, 1.165) is 5.40 Å². The van der Waals surface area contributed by atoms with Crippen molar-refractivity contribution in [3.05, 3.63) is 91.0 Å². The third-order valence-corrected chi connectivity index (χ3v) is 11.5. The quantitative estimate of drug-likeness (QED) is 0.579. The van der Waals surface area contributed by atoms with Gasteiger partial charge < -0.3 is 0 Å². The molecule has 4 rings (SSSR count). The summed E-state index contributed by atoms with van der Waals surface area (Å²) in [4.78, 5) is 0. The van der Waals surface area contributed by atoms with Crippen LogP contribution in [-0.4, -0.2) is 11.6 Å². The highest BCUT2D eigenvalue weighted by Crippen LogP contribution is 2.62. The van der Waals surface area contributed by atoms with E-state index in [1.165, 1.54) is 29.6 Å². The van der Waals surface area contributed by atoms with Gasteiger partial charge in [0.05, 0.1) is 0 Å². The first-order valence-corrected chi connectivity index (χ1v) is 11.7. The predicted octanol–water partition coefficient (Wildman–Crippen LogP) is 5.05. The fourth-order valence-corrected chi connectivity index (χ4v) is 11.2. The molecule has 1 heterocycles. The minimum Gasteiger partial charge on any atom is -0.0671 e. The van der Waals surface area contributed by atoms with Crippen LogP contribution in [0.4, 0.5) is 0 Å². The van der Waals surface area contributed by atoms with Crippen LogP contribution in [0.3, 0.4) is 0 Å². The van der Waals surface area contributed by atoms with Crippen LogP contribution in [0.2, 0.25) is 0 Å². The second-order valence-electron chi connectivity index (χ2n) is 6.19. The zero-order chi connectivity index (χ0) is 16.2. The molecule has 1 fully saturated rings. The standard InChI is InChI=1S/C22H22P2/c1-4-11-19(12-5-1)23-18-10-17-22(23)24(20-13-6-2-7-14-20)21-15-8-3-9-16-21/h1-9,11-16,22H,10,17-18H2/t22-,23?/m0/s1. The Morgan fingerprint density at radius 3 is 1.71 bits per heavy atom. The molecule has 2 heteroatoms. The van der Waals surface area contributed by atoms with Crippen LogP contribution in [0.1, 0.15) is 12.8 Å². The highest BCUT2D eigenvalue weighted by molar-refractivity contribution is 7.86. The van der Waals surface area contributed by atoms with Crippen molar-refractivity contribution in [1.82, 2.24) is 0 Å².